The molecule has 3 rings (SSSR count). The van der Waals surface area contributed by atoms with Gasteiger partial charge in [0, 0.05) is 25.3 Å². The molecule has 1 aromatic heterocycles. The highest BCUT2D eigenvalue weighted by Crippen LogP contribution is 2.22. The molecule has 8 heteroatoms. The summed E-state index contributed by atoms with van der Waals surface area (Å²) >= 11 is 0. The molecule has 138 valence electrons. The number of hydrogen-bond acceptors (Lipinski definition) is 6. The van der Waals surface area contributed by atoms with Crippen molar-refractivity contribution in [2.45, 2.75) is 19.4 Å². The lowest BCUT2D eigenvalue weighted by molar-refractivity contribution is 0.0987. The lowest BCUT2D eigenvalue weighted by Crippen LogP contribution is -2.37. The quantitative estimate of drug-likeness (QED) is 0.793. The molecule has 0 N–H and O–H groups in total. The van der Waals surface area contributed by atoms with Crippen molar-refractivity contribution in [3.63, 3.8) is 0 Å². The van der Waals surface area contributed by atoms with Gasteiger partial charge in [0.15, 0.2) is 21.3 Å². The van der Waals surface area contributed by atoms with Crippen LogP contribution in [0.25, 0.3) is 0 Å². The number of anilines is 2. The Morgan fingerprint density at radius 2 is 1.88 bits per heavy atom. The van der Waals surface area contributed by atoms with Crippen LogP contribution in [0.1, 0.15) is 23.8 Å². The third kappa shape index (κ3) is 3.85. The van der Waals surface area contributed by atoms with Gasteiger partial charge in [-0.15, -0.1) is 10.2 Å². The van der Waals surface area contributed by atoms with Crippen molar-refractivity contribution in [2.24, 2.45) is 0 Å². The summed E-state index contributed by atoms with van der Waals surface area (Å²) in [5, 5.41) is 8.24. The van der Waals surface area contributed by atoms with Crippen molar-refractivity contribution in [3.8, 4) is 0 Å². The Morgan fingerprint density at radius 1 is 1.15 bits per heavy atom. The summed E-state index contributed by atoms with van der Waals surface area (Å²) in [7, 11) is -1.28. The average molecular weight is 374 g/mol. The van der Waals surface area contributed by atoms with Gasteiger partial charge in [-0.3, -0.25) is 4.79 Å². The third-order valence-electron chi connectivity index (χ3n) is 4.60. The summed E-state index contributed by atoms with van der Waals surface area (Å²) in [5.74, 6) is 0.690. The number of sulfone groups is 1. The Hall–Kier alpha value is -2.48. The van der Waals surface area contributed by atoms with Crippen LogP contribution in [-0.4, -0.2) is 55.7 Å². The van der Waals surface area contributed by atoms with E-state index in [9.17, 15) is 13.2 Å². The van der Waals surface area contributed by atoms with Gasteiger partial charge in [-0.05, 0) is 37.6 Å². The molecule has 26 heavy (non-hydrogen) atoms. The van der Waals surface area contributed by atoms with Gasteiger partial charge in [-0.25, -0.2) is 8.42 Å². The molecular formula is C18H22N4O3S. The largest absolute Gasteiger partial charge is 0.351 e. The summed E-state index contributed by atoms with van der Waals surface area (Å²) in [6.45, 7) is 2.58. The Balaban J connectivity index is 1.76. The van der Waals surface area contributed by atoms with Crippen LogP contribution in [0.2, 0.25) is 0 Å². The minimum Gasteiger partial charge on any atom is -0.351 e. The van der Waals surface area contributed by atoms with Gasteiger partial charge < -0.3 is 9.80 Å². The van der Waals surface area contributed by atoms with Gasteiger partial charge in [0.2, 0.25) is 0 Å². The second-order valence-corrected chi connectivity index (χ2v) is 8.55. The lowest BCUT2D eigenvalue weighted by Gasteiger charge is -2.27. The van der Waals surface area contributed by atoms with Crippen LogP contribution in [-0.2, 0) is 9.84 Å². The van der Waals surface area contributed by atoms with Crippen LogP contribution in [0.4, 0.5) is 11.5 Å². The molecule has 1 amide bonds. The van der Waals surface area contributed by atoms with E-state index in [0.29, 0.717) is 18.8 Å². The van der Waals surface area contributed by atoms with Crippen molar-refractivity contribution in [2.75, 3.05) is 34.9 Å². The molecule has 2 aromatic rings. The van der Waals surface area contributed by atoms with Crippen molar-refractivity contribution < 1.29 is 13.2 Å². The van der Waals surface area contributed by atoms with Gasteiger partial charge >= 0.3 is 0 Å². The molecule has 0 bridgehead atoms. The first kappa shape index (κ1) is 18.3. The van der Waals surface area contributed by atoms with Crippen LogP contribution in [0, 0.1) is 0 Å². The lowest BCUT2D eigenvalue weighted by atomic mass is 10.2. The second kappa shape index (κ2) is 7.41. The number of hydrogen-bond donors (Lipinski definition) is 0. The summed E-state index contributed by atoms with van der Waals surface area (Å²) < 4.78 is 23.5. The van der Waals surface area contributed by atoms with Crippen molar-refractivity contribution >= 4 is 27.2 Å². The van der Waals surface area contributed by atoms with Crippen molar-refractivity contribution in [3.05, 3.63) is 48.2 Å². The monoisotopic (exact) mass is 374 g/mol. The molecule has 1 fully saturated rings. The molecule has 0 aliphatic carbocycles. The molecule has 2 heterocycles. The van der Waals surface area contributed by atoms with Crippen molar-refractivity contribution in [1.82, 2.24) is 10.2 Å². The van der Waals surface area contributed by atoms with Crippen molar-refractivity contribution in [1.29, 1.82) is 0 Å². The molecule has 1 unspecified atom stereocenters. The van der Waals surface area contributed by atoms with Crippen LogP contribution in [0.3, 0.4) is 0 Å². The molecule has 0 spiro atoms. The number of carbonyl (C=O) groups excluding carboxylic acids is 1. The van der Waals surface area contributed by atoms with E-state index in [4.69, 9.17) is 0 Å². The van der Waals surface area contributed by atoms with E-state index in [0.717, 1.165) is 5.69 Å². The first-order chi connectivity index (χ1) is 12.4. The maximum absolute atomic E-state index is 12.6. The van der Waals surface area contributed by atoms with Crippen LogP contribution >= 0.6 is 0 Å². The first-order valence-electron chi connectivity index (χ1n) is 8.55. The molecule has 0 saturated carbocycles. The Morgan fingerprint density at radius 3 is 2.42 bits per heavy atom. The smallest absolute Gasteiger partial charge is 0.278 e. The van der Waals surface area contributed by atoms with E-state index < -0.39 is 9.84 Å². The predicted octanol–water partition coefficient (Wildman–Crippen LogP) is 1.77. The summed E-state index contributed by atoms with van der Waals surface area (Å²) in [6, 6.07) is 12.6. The molecule has 1 aliphatic rings. The van der Waals surface area contributed by atoms with Gasteiger partial charge in [-0.1, -0.05) is 18.2 Å². The van der Waals surface area contributed by atoms with E-state index in [-0.39, 0.29) is 29.1 Å². The number of para-hydroxylation sites is 1. The number of amides is 1. The van der Waals surface area contributed by atoms with Crippen LogP contribution in [0.15, 0.2) is 42.5 Å². The third-order valence-corrected chi connectivity index (χ3v) is 6.35. The summed E-state index contributed by atoms with van der Waals surface area (Å²) in [5.41, 5.74) is 1.02. The van der Waals surface area contributed by atoms with E-state index in [1.807, 2.05) is 42.2 Å². The topological polar surface area (TPSA) is 83.5 Å². The normalized spacial score (nSPS) is 18.5. The Labute approximate surface area is 153 Å². The fraction of sp³-hybridized carbons (Fsp3) is 0.389. The van der Waals surface area contributed by atoms with Crippen LogP contribution < -0.4 is 9.80 Å². The fourth-order valence-corrected chi connectivity index (χ4v) is 4.89. The zero-order valence-electron chi connectivity index (χ0n) is 14.9. The fourth-order valence-electron chi connectivity index (χ4n) is 3.16. The standard InChI is InChI=1S/C18H22N4O3S/c1-3-22(15-11-12-26(24,25)13-15)17-10-9-16(19-20-17)18(23)21(2)14-7-5-4-6-8-14/h4-10,15H,3,11-13H2,1-2H3. The highest BCUT2D eigenvalue weighted by Gasteiger charge is 2.32. The highest BCUT2D eigenvalue weighted by atomic mass is 32.2. The summed E-state index contributed by atoms with van der Waals surface area (Å²) in [4.78, 5) is 16.0. The minimum absolute atomic E-state index is 0.0900. The molecule has 1 atom stereocenters. The van der Waals surface area contributed by atoms with Gasteiger partial charge in [0.1, 0.15) is 0 Å². The maximum Gasteiger partial charge on any atom is 0.278 e. The molecule has 0 radical (unpaired) electrons. The van der Waals surface area contributed by atoms with Gasteiger partial charge in [0.25, 0.3) is 5.91 Å². The average Bonchev–Trinajstić information content (AvgIpc) is 3.02. The Bertz CT molecular complexity index is 869. The number of nitrogens with zero attached hydrogens (tertiary/aromatic N) is 4. The molecule has 1 aliphatic heterocycles. The number of rotatable bonds is 5. The minimum atomic E-state index is -2.97. The van der Waals surface area contributed by atoms with E-state index in [1.165, 1.54) is 4.90 Å². The van der Waals surface area contributed by atoms with Gasteiger partial charge in [-0.2, -0.15) is 0 Å². The van der Waals surface area contributed by atoms with E-state index >= 15 is 0 Å². The molecule has 1 saturated heterocycles. The van der Waals surface area contributed by atoms with E-state index in [1.54, 1.807) is 19.2 Å². The maximum atomic E-state index is 12.6. The predicted molar refractivity (Wildman–Crippen MR) is 101 cm³/mol. The Kier molecular flexibility index (Phi) is 5.22. The van der Waals surface area contributed by atoms with Crippen LogP contribution in [0.5, 0.6) is 0 Å². The summed E-state index contributed by atoms with van der Waals surface area (Å²) in [6.07, 6.45) is 0.593. The van der Waals surface area contributed by atoms with E-state index in [2.05, 4.69) is 10.2 Å². The number of aromatic nitrogens is 2. The number of benzene rings is 1. The highest BCUT2D eigenvalue weighted by molar-refractivity contribution is 7.91. The SMILES string of the molecule is CCN(c1ccc(C(=O)N(C)c2ccccc2)nn1)C1CCS(=O)(=O)C1. The molecule has 7 nitrogen and oxygen atoms in total. The zero-order chi connectivity index (χ0) is 18.7. The number of carbonyl (C=O) groups is 1. The first-order valence-corrected chi connectivity index (χ1v) is 10.4. The zero-order valence-corrected chi connectivity index (χ0v) is 15.7. The molecule has 1 aromatic carbocycles. The van der Waals surface area contributed by atoms with Gasteiger partial charge in [0.05, 0.1) is 11.5 Å². The second-order valence-electron chi connectivity index (χ2n) is 6.32. The molecular weight excluding hydrogens is 352 g/mol.